The van der Waals surface area contributed by atoms with E-state index in [-0.39, 0.29) is 25.9 Å². The molecule has 12 heteroatoms. The molecule has 0 amide bonds. The van der Waals surface area contributed by atoms with Gasteiger partial charge < -0.3 is 39.0 Å². The Bertz CT molecular complexity index is 1630. The summed E-state index contributed by atoms with van der Waals surface area (Å²) >= 11 is 0. The lowest BCUT2D eigenvalue weighted by Gasteiger charge is -2.40. The van der Waals surface area contributed by atoms with Crippen molar-refractivity contribution in [3.63, 3.8) is 0 Å². The maximum atomic E-state index is 13.1. The van der Waals surface area contributed by atoms with Gasteiger partial charge in [0.1, 0.15) is 18.8 Å². The molecule has 1 heterocycles. The smallest absolute Gasteiger partial charge is 0.335 e. The van der Waals surface area contributed by atoms with Gasteiger partial charge in [0.25, 0.3) is 0 Å². The average molecular weight is 1050 g/mol. The molecule has 6 unspecified atom stereocenters. The van der Waals surface area contributed by atoms with E-state index in [4.69, 9.17) is 23.7 Å². The summed E-state index contributed by atoms with van der Waals surface area (Å²) in [7, 11) is 0. The number of esters is 3. The van der Waals surface area contributed by atoms with Gasteiger partial charge in [0.15, 0.2) is 24.6 Å². The summed E-state index contributed by atoms with van der Waals surface area (Å²) in [6.45, 7) is 5.77. The van der Waals surface area contributed by atoms with E-state index < -0.39 is 67.3 Å². The molecule has 1 rings (SSSR count). The van der Waals surface area contributed by atoms with Gasteiger partial charge in [-0.15, -0.1) is 0 Å². The number of rotatable bonds is 49. The summed E-state index contributed by atoms with van der Waals surface area (Å²) in [6, 6.07) is 0. The molecule has 0 spiro atoms. The minimum atomic E-state index is -1.91. The van der Waals surface area contributed by atoms with Crippen molar-refractivity contribution in [1.29, 1.82) is 0 Å². The predicted octanol–water partition coefficient (Wildman–Crippen LogP) is 15.1. The number of aliphatic hydroxyl groups is 2. The normalized spacial score (nSPS) is 18.8. The van der Waals surface area contributed by atoms with Crippen molar-refractivity contribution in [3.8, 4) is 0 Å². The van der Waals surface area contributed by atoms with Crippen molar-refractivity contribution in [2.75, 3.05) is 13.2 Å². The number of ether oxygens (including phenoxy) is 5. The second kappa shape index (κ2) is 50.7. The molecule has 0 aliphatic carbocycles. The van der Waals surface area contributed by atoms with E-state index in [1.165, 1.54) is 64.2 Å². The Morgan fingerprint density at radius 2 is 0.867 bits per heavy atom. The SMILES string of the molecule is CC/C=C\C/C=C\C/C=C\C/C=C\C/C=C\CCCC(=O)OCC(COC1OC(C(=O)O)C(O)C(O)C1OC(=O)CCCCCCCCC/C=C\CCCCCCCC)OC(=O)CCCCCCC/C=C\CCCC. The van der Waals surface area contributed by atoms with E-state index in [1.807, 2.05) is 6.08 Å². The third kappa shape index (κ3) is 40.8. The highest BCUT2D eigenvalue weighted by atomic mass is 16.7. The first-order valence-corrected chi connectivity index (χ1v) is 29.6. The van der Waals surface area contributed by atoms with Crippen LogP contribution in [0.1, 0.15) is 239 Å². The molecule has 0 radical (unpaired) electrons. The predicted molar refractivity (Wildman–Crippen MR) is 303 cm³/mol. The lowest BCUT2D eigenvalue weighted by molar-refractivity contribution is -0.301. The molecule has 1 aliphatic heterocycles. The van der Waals surface area contributed by atoms with E-state index in [0.29, 0.717) is 25.7 Å². The molecule has 428 valence electrons. The zero-order chi connectivity index (χ0) is 54.7. The molecule has 6 atom stereocenters. The Morgan fingerprint density at radius 1 is 0.453 bits per heavy atom. The zero-order valence-corrected chi connectivity index (χ0v) is 47.0. The monoisotopic (exact) mass is 1050 g/mol. The fourth-order valence-corrected chi connectivity index (χ4v) is 8.38. The van der Waals surface area contributed by atoms with Crippen LogP contribution in [0.15, 0.2) is 85.1 Å². The molecule has 3 N–H and O–H groups in total. The Morgan fingerprint density at radius 3 is 1.37 bits per heavy atom. The van der Waals surface area contributed by atoms with Crippen LogP contribution < -0.4 is 0 Å². The van der Waals surface area contributed by atoms with Gasteiger partial charge in [-0.1, -0.05) is 202 Å². The van der Waals surface area contributed by atoms with E-state index in [2.05, 4.69) is 99.8 Å². The highest BCUT2D eigenvalue weighted by Gasteiger charge is 2.50. The van der Waals surface area contributed by atoms with Gasteiger partial charge >= 0.3 is 23.9 Å². The Labute approximate surface area is 454 Å². The lowest BCUT2D eigenvalue weighted by Crippen LogP contribution is -2.61. The van der Waals surface area contributed by atoms with E-state index in [9.17, 15) is 34.5 Å². The van der Waals surface area contributed by atoms with Gasteiger partial charge in [0.2, 0.25) is 0 Å². The maximum absolute atomic E-state index is 13.1. The van der Waals surface area contributed by atoms with Crippen LogP contribution in [0.5, 0.6) is 0 Å². The highest BCUT2D eigenvalue weighted by molar-refractivity contribution is 5.74. The maximum Gasteiger partial charge on any atom is 0.335 e. The molecular weight excluding hydrogens is 949 g/mol. The Balaban J connectivity index is 2.71. The molecule has 0 aromatic heterocycles. The summed E-state index contributed by atoms with van der Waals surface area (Å²) in [5, 5.41) is 31.5. The first-order valence-electron chi connectivity index (χ1n) is 29.6. The van der Waals surface area contributed by atoms with Crippen molar-refractivity contribution in [1.82, 2.24) is 0 Å². The number of hydrogen-bond donors (Lipinski definition) is 3. The molecular formula is C63H104O12. The van der Waals surface area contributed by atoms with E-state index in [0.717, 1.165) is 109 Å². The number of carbonyl (C=O) groups is 4. The Hall–Kier alpha value is -4.10. The first kappa shape index (κ1) is 68.9. The number of hydrogen-bond acceptors (Lipinski definition) is 11. The summed E-state index contributed by atoms with van der Waals surface area (Å²) in [5.74, 6) is -3.22. The molecule has 0 saturated carbocycles. The van der Waals surface area contributed by atoms with Crippen molar-refractivity contribution < 1.29 is 58.2 Å². The fourth-order valence-electron chi connectivity index (χ4n) is 8.38. The van der Waals surface area contributed by atoms with Crippen molar-refractivity contribution >= 4 is 23.9 Å². The number of aliphatic hydroxyl groups excluding tert-OH is 2. The van der Waals surface area contributed by atoms with Crippen molar-refractivity contribution in [3.05, 3.63) is 85.1 Å². The standard InChI is InChI=1S/C63H104O12/c1-4-7-10-13-16-19-22-24-26-28-30-32-35-37-40-43-46-49-55(64)71-52-54(73-56(65)50-47-44-41-38-34-21-18-15-12-9-6-3)53-72-63-61(59(68)58(67)60(75-63)62(69)70)74-57(66)51-48-45-42-39-36-33-31-29-27-25-23-20-17-14-11-8-5-2/h7,10,15-16,18-19,24-27,30,32,37,40,54,58-61,63,67-68H,4-6,8-9,11-14,17,20-23,28-29,31,33-36,38-39,41-53H2,1-3H3,(H,69,70)/b10-7-,18-15-,19-16-,26-24-,27-25-,32-30-,40-37-. The first-order chi connectivity index (χ1) is 36.6. The van der Waals surface area contributed by atoms with Gasteiger partial charge in [-0.25, -0.2) is 4.79 Å². The minimum absolute atomic E-state index is 0.0468. The van der Waals surface area contributed by atoms with Crippen LogP contribution in [0.25, 0.3) is 0 Å². The van der Waals surface area contributed by atoms with Crippen LogP contribution in [-0.4, -0.2) is 89.2 Å². The topological polar surface area (TPSA) is 175 Å². The summed E-state index contributed by atoms with van der Waals surface area (Å²) in [4.78, 5) is 51.0. The molecule has 1 aliphatic rings. The van der Waals surface area contributed by atoms with Gasteiger partial charge in [0, 0.05) is 19.3 Å². The lowest BCUT2D eigenvalue weighted by atomic mass is 9.98. The molecule has 0 aromatic rings. The third-order valence-electron chi connectivity index (χ3n) is 12.9. The van der Waals surface area contributed by atoms with Crippen LogP contribution in [0.4, 0.5) is 0 Å². The molecule has 75 heavy (non-hydrogen) atoms. The minimum Gasteiger partial charge on any atom is -0.479 e. The third-order valence-corrected chi connectivity index (χ3v) is 12.9. The van der Waals surface area contributed by atoms with Crippen LogP contribution in [0.2, 0.25) is 0 Å². The molecule has 0 aromatic carbocycles. The van der Waals surface area contributed by atoms with Gasteiger partial charge in [-0.05, 0) is 103 Å². The fraction of sp³-hybridized carbons (Fsp3) is 0.714. The number of unbranched alkanes of at least 4 members (excludes halogenated alkanes) is 21. The highest BCUT2D eigenvalue weighted by Crippen LogP contribution is 2.26. The van der Waals surface area contributed by atoms with Crippen molar-refractivity contribution in [2.24, 2.45) is 0 Å². The van der Waals surface area contributed by atoms with E-state index in [1.54, 1.807) is 0 Å². The largest absolute Gasteiger partial charge is 0.479 e. The molecule has 1 fully saturated rings. The molecule has 1 saturated heterocycles. The Kier molecular flexibility index (Phi) is 46.6. The summed E-state index contributed by atoms with van der Waals surface area (Å²) in [6.07, 6.45) is 52.8. The summed E-state index contributed by atoms with van der Waals surface area (Å²) < 4.78 is 28.3. The number of carbonyl (C=O) groups excluding carboxylic acids is 3. The zero-order valence-electron chi connectivity index (χ0n) is 47.0. The molecule has 0 bridgehead atoms. The molecule has 12 nitrogen and oxygen atoms in total. The second-order valence-electron chi connectivity index (χ2n) is 19.9. The number of carboxylic acid groups (broad SMARTS) is 1. The average Bonchev–Trinajstić information content (AvgIpc) is 3.39. The van der Waals surface area contributed by atoms with Gasteiger partial charge in [-0.2, -0.15) is 0 Å². The number of aliphatic carboxylic acids is 1. The van der Waals surface area contributed by atoms with Crippen LogP contribution in [0, 0.1) is 0 Å². The van der Waals surface area contributed by atoms with Crippen LogP contribution in [0.3, 0.4) is 0 Å². The van der Waals surface area contributed by atoms with E-state index >= 15 is 0 Å². The quantitative estimate of drug-likeness (QED) is 0.0228. The number of carboxylic acids is 1. The van der Waals surface area contributed by atoms with Crippen molar-refractivity contribution in [2.45, 2.75) is 276 Å². The van der Waals surface area contributed by atoms with Crippen LogP contribution >= 0.6 is 0 Å². The number of allylic oxidation sites excluding steroid dienone is 14. The van der Waals surface area contributed by atoms with Gasteiger partial charge in [0.05, 0.1) is 6.61 Å². The van der Waals surface area contributed by atoms with Crippen LogP contribution in [-0.2, 0) is 42.9 Å². The summed E-state index contributed by atoms with van der Waals surface area (Å²) in [5.41, 5.74) is 0. The van der Waals surface area contributed by atoms with Gasteiger partial charge in [-0.3, -0.25) is 14.4 Å². The second-order valence-corrected chi connectivity index (χ2v) is 19.9.